The average Bonchev–Trinajstić information content (AvgIpc) is 2.85. The third-order valence-electron chi connectivity index (χ3n) is 6.04. The summed E-state index contributed by atoms with van der Waals surface area (Å²) in [5, 5.41) is 21.8. The van der Waals surface area contributed by atoms with Gasteiger partial charge >= 0.3 is 23.9 Å². The van der Waals surface area contributed by atoms with Crippen LogP contribution in [0.3, 0.4) is 0 Å². The van der Waals surface area contributed by atoms with E-state index in [2.05, 4.69) is 0 Å². The fourth-order valence-corrected chi connectivity index (χ4v) is 4.01. The standard InChI is InChI=1S/C28H24N2O7/c1-29(2)19-7-5-15-11-23(21(25(31)32)13-17(15)9-19)27(35)37-28(36)24-12-16-6-8-20(30(3)4)10-18(16)14-22(24)26(33)34/h5-14H,1-4H3,(H,31,32)(H,33,34). The second kappa shape index (κ2) is 9.62. The molecule has 0 amide bonds. The Labute approximate surface area is 212 Å². The third-order valence-corrected chi connectivity index (χ3v) is 6.04. The zero-order valence-corrected chi connectivity index (χ0v) is 20.6. The summed E-state index contributed by atoms with van der Waals surface area (Å²) in [5.41, 5.74) is 0.358. The second-order valence-corrected chi connectivity index (χ2v) is 8.93. The molecule has 4 aromatic rings. The Kier molecular flexibility index (Phi) is 6.54. The molecular formula is C28H24N2O7. The molecule has 4 aromatic carbocycles. The lowest BCUT2D eigenvalue weighted by Gasteiger charge is -2.15. The van der Waals surface area contributed by atoms with Crippen LogP contribution in [0.25, 0.3) is 21.5 Å². The van der Waals surface area contributed by atoms with Crippen molar-refractivity contribution in [3.63, 3.8) is 0 Å². The van der Waals surface area contributed by atoms with Gasteiger partial charge in [0.25, 0.3) is 0 Å². The molecule has 0 fully saturated rings. The van der Waals surface area contributed by atoms with Crippen molar-refractivity contribution in [1.29, 1.82) is 0 Å². The molecule has 0 aliphatic rings. The summed E-state index contributed by atoms with van der Waals surface area (Å²) in [6, 6.07) is 16.0. The summed E-state index contributed by atoms with van der Waals surface area (Å²) < 4.78 is 5.00. The number of esters is 2. The largest absolute Gasteiger partial charge is 0.478 e. The molecule has 0 heterocycles. The van der Waals surface area contributed by atoms with Crippen LogP contribution in [-0.4, -0.2) is 62.3 Å². The highest BCUT2D eigenvalue weighted by Crippen LogP contribution is 2.28. The van der Waals surface area contributed by atoms with E-state index in [1.165, 1.54) is 24.3 Å². The van der Waals surface area contributed by atoms with Crippen LogP contribution in [0.4, 0.5) is 11.4 Å². The highest BCUT2D eigenvalue weighted by Gasteiger charge is 2.25. The molecule has 188 valence electrons. The van der Waals surface area contributed by atoms with Crippen molar-refractivity contribution < 1.29 is 34.1 Å². The Hall–Kier alpha value is -4.92. The lowest BCUT2D eigenvalue weighted by atomic mass is 9.99. The van der Waals surface area contributed by atoms with E-state index in [1.807, 2.05) is 38.0 Å². The lowest BCUT2D eigenvalue weighted by molar-refractivity contribution is 0.0387. The topological polar surface area (TPSA) is 124 Å². The van der Waals surface area contributed by atoms with Gasteiger partial charge in [0.05, 0.1) is 22.3 Å². The van der Waals surface area contributed by atoms with E-state index >= 15 is 0 Å². The van der Waals surface area contributed by atoms with E-state index in [-0.39, 0.29) is 22.3 Å². The van der Waals surface area contributed by atoms with E-state index in [4.69, 9.17) is 4.74 Å². The fourth-order valence-electron chi connectivity index (χ4n) is 4.01. The maximum absolute atomic E-state index is 13.0. The molecule has 0 aliphatic heterocycles. The van der Waals surface area contributed by atoms with Crippen LogP contribution in [0, 0.1) is 0 Å². The highest BCUT2D eigenvalue weighted by molar-refractivity contribution is 6.13. The lowest BCUT2D eigenvalue weighted by Crippen LogP contribution is -2.18. The monoisotopic (exact) mass is 500 g/mol. The maximum Gasteiger partial charge on any atom is 0.346 e. The molecule has 9 nitrogen and oxygen atoms in total. The first-order chi connectivity index (χ1) is 17.5. The first-order valence-corrected chi connectivity index (χ1v) is 11.2. The second-order valence-electron chi connectivity index (χ2n) is 8.93. The van der Waals surface area contributed by atoms with E-state index in [1.54, 1.807) is 36.4 Å². The minimum Gasteiger partial charge on any atom is -0.478 e. The molecule has 0 atom stereocenters. The minimum absolute atomic E-state index is 0.320. The predicted molar refractivity (Wildman–Crippen MR) is 140 cm³/mol. The SMILES string of the molecule is CN(C)c1ccc2cc(C(=O)OC(=O)c3cc4ccc(N(C)C)cc4cc3C(=O)O)c(C(=O)O)cc2c1. The number of rotatable bonds is 6. The van der Waals surface area contributed by atoms with Gasteiger partial charge in [0, 0.05) is 39.6 Å². The Balaban J connectivity index is 1.74. The number of anilines is 2. The number of nitrogens with zero attached hydrogens (tertiary/aromatic N) is 2. The van der Waals surface area contributed by atoms with E-state index in [0.29, 0.717) is 21.5 Å². The number of benzene rings is 4. The number of hydrogen-bond donors (Lipinski definition) is 2. The first kappa shape index (κ1) is 25.2. The number of carbonyl (C=O) groups excluding carboxylic acids is 2. The van der Waals surface area contributed by atoms with Gasteiger partial charge in [-0.25, -0.2) is 19.2 Å². The van der Waals surface area contributed by atoms with Gasteiger partial charge in [-0.05, 0) is 70.1 Å². The van der Waals surface area contributed by atoms with Crippen molar-refractivity contribution in [2.24, 2.45) is 0 Å². The molecule has 9 heteroatoms. The molecule has 0 radical (unpaired) electrons. The van der Waals surface area contributed by atoms with Gasteiger partial charge in [-0.3, -0.25) is 0 Å². The number of carboxylic acid groups (broad SMARTS) is 2. The van der Waals surface area contributed by atoms with Crippen molar-refractivity contribution in [3.05, 3.63) is 82.9 Å². The summed E-state index contributed by atoms with van der Waals surface area (Å²) in [6.07, 6.45) is 0. The van der Waals surface area contributed by atoms with Crippen molar-refractivity contribution in [3.8, 4) is 0 Å². The van der Waals surface area contributed by atoms with Crippen molar-refractivity contribution >= 4 is 56.8 Å². The van der Waals surface area contributed by atoms with Gasteiger partial charge in [0.2, 0.25) is 0 Å². The van der Waals surface area contributed by atoms with E-state index in [0.717, 1.165) is 11.4 Å². The van der Waals surface area contributed by atoms with Crippen LogP contribution in [0.15, 0.2) is 60.7 Å². The van der Waals surface area contributed by atoms with Crippen LogP contribution in [0.2, 0.25) is 0 Å². The summed E-state index contributed by atoms with van der Waals surface area (Å²) in [5.74, 6) is -5.13. The van der Waals surface area contributed by atoms with Crippen molar-refractivity contribution in [2.75, 3.05) is 38.0 Å². The molecule has 0 bridgehead atoms. The van der Waals surface area contributed by atoms with Gasteiger partial charge in [0.15, 0.2) is 0 Å². The van der Waals surface area contributed by atoms with Crippen LogP contribution in [0.1, 0.15) is 41.4 Å². The normalized spacial score (nSPS) is 10.8. The number of carboxylic acids is 2. The zero-order valence-electron chi connectivity index (χ0n) is 20.6. The number of aromatic carboxylic acids is 2. The Morgan fingerprint density at radius 2 is 0.892 bits per heavy atom. The molecule has 2 N–H and O–H groups in total. The third kappa shape index (κ3) is 4.92. The number of carbonyl (C=O) groups is 4. The fraction of sp³-hybridized carbons (Fsp3) is 0.143. The summed E-state index contributed by atoms with van der Waals surface area (Å²) in [7, 11) is 7.37. The average molecular weight is 501 g/mol. The summed E-state index contributed by atoms with van der Waals surface area (Å²) >= 11 is 0. The smallest absolute Gasteiger partial charge is 0.346 e. The number of ether oxygens (including phenoxy) is 1. The van der Waals surface area contributed by atoms with Crippen LogP contribution in [-0.2, 0) is 4.74 Å². The molecule has 0 saturated carbocycles. The Bertz CT molecular complexity index is 1490. The summed E-state index contributed by atoms with van der Waals surface area (Å²) in [6.45, 7) is 0. The maximum atomic E-state index is 13.0. The summed E-state index contributed by atoms with van der Waals surface area (Å²) in [4.78, 5) is 53.5. The molecule has 0 spiro atoms. The predicted octanol–water partition coefficient (Wildman–Crippen LogP) is 4.52. The number of fused-ring (bicyclic) bond motifs is 2. The highest BCUT2D eigenvalue weighted by atomic mass is 16.6. The van der Waals surface area contributed by atoms with Crippen molar-refractivity contribution in [1.82, 2.24) is 0 Å². The molecule has 0 aromatic heterocycles. The molecule has 0 saturated heterocycles. The van der Waals surface area contributed by atoms with Gasteiger partial charge in [-0.2, -0.15) is 0 Å². The van der Waals surface area contributed by atoms with Gasteiger partial charge in [-0.1, -0.05) is 12.1 Å². The molecule has 0 aliphatic carbocycles. The molecular weight excluding hydrogens is 476 g/mol. The van der Waals surface area contributed by atoms with E-state index < -0.39 is 23.9 Å². The Morgan fingerprint density at radius 3 is 1.22 bits per heavy atom. The van der Waals surface area contributed by atoms with Crippen molar-refractivity contribution in [2.45, 2.75) is 0 Å². The molecule has 0 unspecified atom stereocenters. The van der Waals surface area contributed by atoms with Crippen LogP contribution < -0.4 is 9.80 Å². The van der Waals surface area contributed by atoms with Crippen LogP contribution >= 0.6 is 0 Å². The van der Waals surface area contributed by atoms with E-state index in [9.17, 15) is 29.4 Å². The van der Waals surface area contributed by atoms with Gasteiger partial charge < -0.3 is 24.7 Å². The van der Waals surface area contributed by atoms with Crippen LogP contribution in [0.5, 0.6) is 0 Å². The molecule has 37 heavy (non-hydrogen) atoms. The Morgan fingerprint density at radius 1 is 0.541 bits per heavy atom. The van der Waals surface area contributed by atoms with Gasteiger partial charge in [0.1, 0.15) is 0 Å². The van der Waals surface area contributed by atoms with Gasteiger partial charge in [-0.15, -0.1) is 0 Å². The minimum atomic E-state index is -1.37. The molecule has 4 rings (SSSR count). The number of hydrogen-bond acceptors (Lipinski definition) is 7. The zero-order chi connectivity index (χ0) is 27.0. The quantitative estimate of drug-likeness (QED) is 0.290. The first-order valence-electron chi connectivity index (χ1n) is 11.2.